The van der Waals surface area contributed by atoms with Crippen molar-refractivity contribution in [3.63, 3.8) is 0 Å². The van der Waals surface area contributed by atoms with E-state index in [0.717, 1.165) is 0 Å². The molecular formula is C10H8Cl2FNO. The molecule has 2 nitrogen and oxygen atoms in total. The Morgan fingerprint density at radius 3 is 2.73 bits per heavy atom. The molecule has 1 aromatic rings. The largest absolute Gasteiger partial charge is 0.311 e. The Balaban J connectivity index is 2.30. The SMILES string of the molecule is O=C1CC(Cl)CN1c1ccc(F)c(Cl)c1. The molecule has 1 aromatic carbocycles. The van der Waals surface area contributed by atoms with Gasteiger partial charge in [-0.25, -0.2) is 4.39 Å². The lowest BCUT2D eigenvalue weighted by atomic mass is 10.3. The Morgan fingerprint density at radius 2 is 2.20 bits per heavy atom. The van der Waals surface area contributed by atoms with Crippen LogP contribution in [0, 0.1) is 5.82 Å². The molecule has 0 bridgehead atoms. The Hall–Kier alpha value is -0.800. The first-order valence-corrected chi connectivity index (χ1v) is 5.29. The highest BCUT2D eigenvalue weighted by Crippen LogP contribution is 2.27. The molecule has 1 atom stereocenters. The van der Waals surface area contributed by atoms with Crippen molar-refractivity contribution in [2.24, 2.45) is 0 Å². The molecule has 1 saturated heterocycles. The van der Waals surface area contributed by atoms with Gasteiger partial charge in [0.2, 0.25) is 5.91 Å². The van der Waals surface area contributed by atoms with Crippen LogP contribution in [-0.2, 0) is 4.79 Å². The molecule has 0 radical (unpaired) electrons. The van der Waals surface area contributed by atoms with Gasteiger partial charge in [0.15, 0.2) is 0 Å². The van der Waals surface area contributed by atoms with Crippen LogP contribution in [0.15, 0.2) is 18.2 Å². The second-order valence-electron chi connectivity index (χ2n) is 3.40. The third kappa shape index (κ3) is 2.08. The molecule has 0 aliphatic carbocycles. The monoisotopic (exact) mass is 247 g/mol. The van der Waals surface area contributed by atoms with Crippen LogP contribution in [0.5, 0.6) is 0 Å². The lowest BCUT2D eigenvalue weighted by Crippen LogP contribution is -2.24. The summed E-state index contributed by atoms with van der Waals surface area (Å²) >= 11 is 11.5. The van der Waals surface area contributed by atoms with Gasteiger partial charge in [-0.1, -0.05) is 11.6 Å². The van der Waals surface area contributed by atoms with E-state index in [1.54, 1.807) is 0 Å². The van der Waals surface area contributed by atoms with Crippen molar-refractivity contribution in [1.29, 1.82) is 0 Å². The maximum Gasteiger partial charge on any atom is 0.228 e. The number of benzene rings is 1. The van der Waals surface area contributed by atoms with Crippen molar-refractivity contribution in [1.82, 2.24) is 0 Å². The zero-order valence-corrected chi connectivity index (χ0v) is 9.22. The minimum absolute atomic E-state index is 0.0123. The molecule has 1 amide bonds. The Labute approximate surface area is 96.6 Å². The van der Waals surface area contributed by atoms with Crippen molar-refractivity contribution in [2.75, 3.05) is 11.4 Å². The molecule has 0 N–H and O–H groups in total. The molecule has 2 rings (SSSR count). The highest BCUT2D eigenvalue weighted by Gasteiger charge is 2.29. The van der Waals surface area contributed by atoms with E-state index in [9.17, 15) is 9.18 Å². The van der Waals surface area contributed by atoms with Gasteiger partial charge in [-0.3, -0.25) is 4.79 Å². The van der Waals surface area contributed by atoms with E-state index in [1.165, 1.54) is 23.1 Å². The summed E-state index contributed by atoms with van der Waals surface area (Å²) < 4.78 is 12.9. The number of carbonyl (C=O) groups excluding carboxylic acids is 1. The number of hydrogen-bond acceptors (Lipinski definition) is 1. The van der Waals surface area contributed by atoms with Crippen molar-refractivity contribution in [3.8, 4) is 0 Å². The molecule has 5 heteroatoms. The van der Waals surface area contributed by atoms with Crippen molar-refractivity contribution < 1.29 is 9.18 Å². The van der Waals surface area contributed by atoms with E-state index < -0.39 is 5.82 Å². The number of carbonyl (C=O) groups is 1. The fourth-order valence-corrected chi connectivity index (χ4v) is 2.01. The Bertz CT molecular complexity index is 410. The van der Waals surface area contributed by atoms with Gasteiger partial charge in [-0.15, -0.1) is 11.6 Å². The Kier molecular flexibility index (Phi) is 2.85. The van der Waals surface area contributed by atoms with Gasteiger partial charge in [0.05, 0.1) is 10.4 Å². The summed E-state index contributed by atoms with van der Waals surface area (Å²) in [5, 5.41) is -0.167. The second-order valence-corrected chi connectivity index (χ2v) is 4.43. The van der Waals surface area contributed by atoms with Crippen LogP contribution in [0.4, 0.5) is 10.1 Å². The lowest BCUT2D eigenvalue weighted by molar-refractivity contribution is -0.117. The minimum atomic E-state index is -0.491. The average Bonchev–Trinajstić information content (AvgIpc) is 2.50. The van der Waals surface area contributed by atoms with Crippen LogP contribution < -0.4 is 4.90 Å². The topological polar surface area (TPSA) is 20.3 Å². The molecule has 0 aromatic heterocycles. The maximum atomic E-state index is 12.9. The lowest BCUT2D eigenvalue weighted by Gasteiger charge is -2.15. The smallest absolute Gasteiger partial charge is 0.228 e. The number of anilines is 1. The predicted molar refractivity (Wildman–Crippen MR) is 58.0 cm³/mol. The fourth-order valence-electron chi connectivity index (χ4n) is 1.57. The highest BCUT2D eigenvalue weighted by molar-refractivity contribution is 6.31. The third-order valence-electron chi connectivity index (χ3n) is 2.29. The average molecular weight is 248 g/mol. The maximum absolute atomic E-state index is 12.9. The first-order chi connectivity index (χ1) is 7.08. The van der Waals surface area contributed by atoms with Crippen molar-refractivity contribution >= 4 is 34.8 Å². The summed E-state index contributed by atoms with van der Waals surface area (Å²) in [6.07, 6.45) is 0.316. The molecule has 0 saturated carbocycles. The van der Waals surface area contributed by atoms with Crippen LogP contribution >= 0.6 is 23.2 Å². The number of halogens is 3. The fraction of sp³-hybridized carbons (Fsp3) is 0.300. The summed E-state index contributed by atoms with van der Waals surface area (Å²) in [6.45, 7) is 0.447. The summed E-state index contributed by atoms with van der Waals surface area (Å²) in [6, 6.07) is 4.20. The van der Waals surface area contributed by atoms with E-state index in [1.807, 2.05) is 0 Å². The first kappa shape index (κ1) is 10.7. The molecule has 1 unspecified atom stereocenters. The van der Waals surface area contributed by atoms with E-state index in [2.05, 4.69) is 0 Å². The van der Waals surface area contributed by atoms with Crippen LogP contribution in [0.2, 0.25) is 5.02 Å². The van der Waals surface area contributed by atoms with Crippen LogP contribution in [0.1, 0.15) is 6.42 Å². The van der Waals surface area contributed by atoms with E-state index in [4.69, 9.17) is 23.2 Å². The van der Waals surface area contributed by atoms with Crippen LogP contribution in [-0.4, -0.2) is 17.8 Å². The van der Waals surface area contributed by atoms with E-state index in [-0.39, 0.29) is 16.3 Å². The number of hydrogen-bond donors (Lipinski definition) is 0. The molecule has 0 spiro atoms. The normalized spacial score (nSPS) is 21.1. The van der Waals surface area contributed by atoms with Crippen molar-refractivity contribution in [2.45, 2.75) is 11.8 Å². The van der Waals surface area contributed by atoms with E-state index >= 15 is 0 Å². The molecule has 15 heavy (non-hydrogen) atoms. The highest BCUT2D eigenvalue weighted by atomic mass is 35.5. The predicted octanol–water partition coefficient (Wildman–Crippen LogP) is 2.82. The van der Waals surface area contributed by atoms with Gasteiger partial charge >= 0.3 is 0 Å². The molecular weight excluding hydrogens is 240 g/mol. The van der Waals surface area contributed by atoms with Crippen molar-refractivity contribution in [3.05, 3.63) is 29.0 Å². The number of rotatable bonds is 1. The van der Waals surface area contributed by atoms with Gasteiger partial charge in [0.25, 0.3) is 0 Å². The van der Waals surface area contributed by atoms with Gasteiger partial charge in [-0.05, 0) is 18.2 Å². The quantitative estimate of drug-likeness (QED) is 0.700. The summed E-state index contributed by atoms with van der Waals surface area (Å²) in [5.74, 6) is -0.549. The first-order valence-electron chi connectivity index (χ1n) is 4.47. The van der Waals surface area contributed by atoms with Crippen LogP contribution in [0.25, 0.3) is 0 Å². The van der Waals surface area contributed by atoms with Crippen LogP contribution in [0.3, 0.4) is 0 Å². The number of alkyl halides is 1. The number of amides is 1. The Morgan fingerprint density at radius 1 is 1.47 bits per heavy atom. The standard InChI is InChI=1S/C10H8Cl2FNO/c11-6-3-10(15)14(5-6)7-1-2-9(13)8(12)4-7/h1-2,4,6H,3,5H2. The second kappa shape index (κ2) is 3.99. The van der Waals surface area contributed by atoms with Gasteiger partial charge in [0.1, 0.15) is 5.82 Å². The van der Waals surface area contributed by atoms with Gasteiger partial charge in [0, 0.05) is 18.7 Å². The molecule has 1 fully saturated rings. The molecule has 1 heterocycles. The van der Waals surface area contributed by atoms with E-state index in [0.29, 0.717) is 18.7 Å². The zero-order chi connectivity index (χ0) is 11.0. The zero-order valence-electron chi connectivity index (χ0n) is 7.71. The third-order valence-corrected chi connectivity index (χ3v) is 2.87. The van der Waals surface area contributed by atoms with Gasteiger partial charge in [-0.2, -0.15) is 0 Å². The summed E-state index contributed by atoms with van der Waals surface area (Å²) in [5.41, 5.74) is 0.592. The molecule has 80 valence electrons. The van der Waals surface area contributed by atoms with Gasteiger partial charge < -0.3 is 4.90 Å². The number of nitrogens with zero attached hydrogens (tertiary/aromatic N) is 1. The molecule has 1 aliphatic heterocycles. The minimum Gasteiger partial charge on any atom is -0.311 e. The molecule has 1 aliphatic rings. The summed E-state index contributed by atoms with van der Waals surface area (Å²) in [4.78, 5) is 13.0. The summed E-state index contributed by atoms with van der Waals surface area (Å²) in [7, 11) is 0.